The van der Waals surface area contributed by atoms with Crippen LogP contribution in [0, 0.1) is 5.92 Å². The zero-order valence-electron chi connectivity index (χ0n) is 10.9. The van der Waals surface area contributed by atoms with Gasteiger partial charge in [0.2, 0.25) is 0 Å². The van der Waals surface area contributed by atoms with Crippen molar-refractivity contribution in [3.05, 3.63) is 28.2 Å². The molecule has 2 unspecified atom stereocenters. The van der Waals surface area contributed by atoms with Gasteiger partial charge in [-0.15, -0.1) is 24.2 Å². The van der Waals surface area contributed by atoms with Crippen molar-refractivity contribution < 1.29 is 5.11 Å². The Morgan fingerprint density at radius 2 is 2.26 bits per heavy atom. The molecule has 1 aliphatic rings. The summed E-state index contributed by atoms with van der Waals surface area (Å²) in [6, 6.07) is 6.36. The molecule has 108 valence electrons. The third kappa shape index (κ3) is 4.92. The van der Waals surface area contributed by atoms with Gasteiger partial charge in [0.15, 0.2) is 0 Å². The molecule has 3 N–H and O–H groups in total. The lowest BCUT2D eigenvalue weighted by Crippen LogP contribution is -2.30. The third-order valence-corrected chi connectivity index (χ3v) is 4.59. The molecule has 1 aromatic rings. The van der Waals surface area contributed by atoms with Gasteiger partial charge < -0.3 is 15.7 Å². The van der Waals surface area contributed by atoms with E-state index in [1.54, 1.807) is 11.8 Å². The Hall–Kier alpha value is 0.220. The minimum atomic E-state index is -0.206. The molecule has 2 rings (SSSR count). The normalized spacial score (nSPS) is 22.3. The molecule has 0 saturated carbocycles. The molecule has 0 radical (unpaired) electrons. The molecule has 6 heteroatoms. The Balaban J connectivity index is 0.00000180. The van der Waals surface area contributed by atoms with Crippen molar-refractivity contribution in [2.75, 3.05) is 25.9 Å². The Morgan fingerprint density at radius 3 is 2.89 bits per heavy atom. The first kappa shape index (κ1) is 17.3. The summed E-state index contributed by atoms with van der Waals surface area (Å²) in [4.78, 5) is 1.29. The highest BCUT2D eigenvalue weighted by molar-refractivity contribution is 9.10. The summed E-state index contributed by atoms with van der Waals surface area (Å²) >= 11 is 5.25. The average molecular weight is 368 g/mol. The highest BCUT2D eigenvalue weighted by atomic mass is 79.9. The van der Waals surface area contributed by atoms with Gasteiger partial charge in [-0.25, -0.2) is 0 Å². The fraction of sp³-hybridized carbons (Fsp3) is 0.538. The zero-order valence-corrected chi connectivity index (χ0v) is 14.1. The topological polar surface area (TPSA) is 44.3 Å². The predicted octanol–water partition coefficient (Wildman–Crippen LogP) is 2.26. The molecular weight excluding hydrogens is 348 g/mol. The Bertz CT molecular complexity index is 408. The van der Waals surface area contributed by atoms with Gasteiger partial charge in [0.05, 0.1) is 6.10 Å². The molecule has 0 bridgehead atoms. The van der Waals surface area contributed by atoms with Crippen LogP contribution >= 0.6 is 40.1 Å². The van der Waals surface area contributed by atoms with Gasteiger partial charge in [-0.2, -0.15) is 0 Å². The lowest BCUT2D eigenvalue weighted by Gasteiger charge is -2.15. The first-order chi connectivity index (χ1) is 8.70. The monoisotopic (exact) mass is 366 g/mol. The molecule has 0 spiro atoms. The van der Waals surface area contributed by atoms with Crippen LogP contribution in [0.1, 0.15) is 5.56 Å². The summed E-state index contributed by atoms with van der Waals surface area (Å²) in [7, 11) is 0. The van der Waals surface area contributed by atoms with Crippen molar-refractivity contribution in [3.8, 4) is 0 Å². The zero-order chi connectivity index (χ0) is 13.0. The number of rotatable bonds is 5. The molecular formula is C13H20BrClN2OS. The second-order valence-corrected chi connectivity index (χ2v) is 6.34. The van der Waals surface area contributed by atoms with E-state index in [-0.39, 0.29) is 18.5 Å². The number of thioether (sulfide) groups is 1. The first-order valence-electron chi connectivity index (χ1n) is 6.12. The van der Waals surface area contributed by atoms with Gasteiger partial charge in [0.25, 0.3) is 0 Å². The van der Waals surface area contributed by atoms with E-state index >= 15 is 0 Å². The predicted molar refractivity (Wildman–Crippen MR) is 87.2 cm³/mol. The molecule has 2 atom stereocenters. The molecule has 1 fully saturated rings. The Morgan fingerprint density at radius 1 is 1.47 bits per heavy atom. The summed E-state index contributed by atoms with van der Waals surface area (Å²) in [6.07, 6.45) is 1.89. The van der Waals surface area contributed by atoms with Crippen LogP contribution < -0.4 is 10.6 Å². The average Bonchev–Trinajstić information content (AvgIpc) is 2.77. The number of hydrogen-bond acceptors (Lipinski definition) is 4. The number of hydrogen-bond donors (Lipinski definition) is 3. The second-order valence-electron chi connectivity index (χ2n) is 4.57. The van der Waals surface area contributed by atoms with E-state index < -0.39 is 0 Å². The lowest BCUT2D eigenvalue weighted by molar-refractivity contribution is 0.146. The fourth-order valence-corrected chi connectivity index (χ4v) is 3.34. The third-order valence-electron chi connectivity index (χ3n) is 3.28. The first-order valence-corrected chi connectivity index (χ1v) is 8.14. The number of halogens is 2. The van der Waals surface area contributed by atoms with Gasteiger partial charge in [-0.1, -0.05) is 22.0 Å². The SMILES string of the molecule is CSc1cc(Br)ccc1CNCC1CNCC1O.Cl. The number of aliphatic hydroxyl groups excluding tert-OH is 1. The van der Waals surface area contributed by atoms with E-state index in [1.165, 1.54) is 10.5 Å². The van der Waals surface area contributed by atoms with Gasteiger partial charge >= 0.3 is 0 Å². The molecule has 3 nitrogen and oxygen atoms in total. The van der Waals surface area contributed by atoms with Crippen molar-refractivity contribution in [2.24, 2.45) is 5.92 Å². The number of aliphatic hydroxyl groups is 1. The second kappa shape index (κ2) is 8.49. The summed E-state index contributed by atoms with van der Waals surface area (Å²) in [5.74, 6) is 0.332. The van der Waals surface area contributed by atoms with Crippen LogP contribution in [-0.4, -0.2) is 37.1 Å². The van der Waals surface area contributed by atoms with Crippen LogP contribution in [0.25, 0.3) is 0 Å². The van der Waals surface area contributed by atoms with Gasteiger partial charge in [-0.05, 0) is 24.0 Å². The standard InChI is InChI=1S/C13H19BrN2OS.ClH/c1-18-13-4-11(14)3-2-9(13)5-15-6-10-7-16-8-12(10)17;/h2-4,10,12,15-17H,5-8H2,1H3;1H. The van der Waals surface area contributed by atoms with Gasteiger partial charge in [0, 0.05) is 41.5 Å². The van der Waals surface area contributed by atoms with Gasteiger partial charge in [-0.3, -0.25) is 0 Å². The maximum atomic E-state index is 9.71. The van der Waals surface area contributed by atoms with E-state index in [1.807, 2.05) is 0 Å². The smallest absolute Gasteiger partial charge is 0.0716 e. The maximum absolute atomic E-state index is 9.71. The van der Waals surface area contributed by atoms with Crippen LogP contribution in [0.3, 0.4) is 0 Å². The number of nitrogens with one attached hydrogen (secondary N) is 2. The molecule has 0 aromatic heterocycles. The molecule has 1 saturated heterocycles. The number of benzene rings is 1. The molecule has 1 aliphatic heterocycles. The van der Waals surface area contributed by atoms with Crippen LogP contribution in [0.2, 0.25) is 0 Å². The minimum Gasteiger partial charge on any atom is -0.391 e. The Labute approximate surface area is 133 Å². The van der Waals surface area contributed by atoms with E-state index in [4.69, 9.17) is 0 Å². The van der Waals surface area contributed by atoms with Gasteiger partial charge in [0.1, 0.15) is 0 Å². The molecule has 0 amide bonds. The minimum absolute atomic E-state index is 0. The fourth-order valence-electron chi connectivity index (χ4n) is 2.18. The van der Waals surface area contributed by atoms with Crippen molar-refractivity contribution >= 4 is 40.1 Å². The van der Waals surface area contributed by atoms with E-state index in [0.29, 0.717) is 5.92 Å². The van der Waals surface area contributed by atoms with E-state index in [2.05, 4.69) is 51.0 Å². The quantitative estimate of drug-likeness (QED) is 0.699. The summed E-state index contributed by atoms with van der Waals surface area (Å²) in [6.45, 7) is 3.34. The summed E-state index contributed by atoms with van der Waals surface area (Å²) in [5.41, 5.74) is 1.31. The van der Waals surface area contributed by atoms with Crippen molar-refractivity contribution in [3.63, 3.8) is 0 Å². The Kier molecular flexibility index (Phi) is 7.72. The van der Waals surface area contributed by atoms with Crippen LogP contribution in [-0.2, 0) is 6.54 Å². The molecule has 0 aliphatic carbocycles. The van der Waals surface area contributed by atoms with Crippen LogP contribution in [0.15, 0.2) is 27.6 Å². The van der Waals surface area contributed by atoms with Crippen LogP contribution in [0.4, 0.5) is 0 Å². The largest absolute Gasteiger partial charge is 0.391 e. The summed E-state index contributed by atoms with van der Waals surface area (Å²) < 4.78 is 1.12. The maximum Gasteiger partial charge on any atom is 0.0716 e. The van der Waals surface area contributed by atoms with Crippen molar-refractivity contribution in [1.82, 2.24) is 10.6 Å². The molecule has 1 heterocycles. The molecule has 19 heavy (non-hydrogen) atoms. The highest BCUT2D eigenvalue weighted by Gasteiger charge is 2.24. The summed E-state index contributed by atoms with van der Waals surface area (Å²) in [5, 5.41) is 16.4. The van der Waals surface area contributed by atoms with Crippen LogP contribution in [0.5, 0.6) is 0 Å². The lowest BCUT2D eigenvalue weighted by atomic mass is 10.1. The van der Waals surface area contributed by atoms with E-state index in [9.17, 15) is 5.11 Å². The van der Waals surface area contributed by atoms with Crippen molar-refractivity contribution in [1.29, 1.82) is 0 Å². The molecule has 1 aromatic carbocycles. The number of β-amino-alcohol motifs (C(OH)–C–C–N with tert-alkyl or cyclic N) is 1. The van der Waals surface area contributed by atoms with E-state index in [0.717, 1.165) is 30.7 Å². The van der Waals surface area contributed by atoms with Crippen molar-refractivity contribution in [2.45, 2.75) is 17.5 Å². The highest BCUT2D eigenvalue weighted by Crippen LogP contribution is 2.24.